The van der Waals surface area contributed by atoms with Crippen molar-refractivity contribution >= 4 is 17.4 Å². The van der Waals surface area contributed by atoms with Gasteiger partial charge in [-0.1, -0.05) is 5.16 Å². The first kappa shape index (κ1) is 15.7. The molecule has 0 unspecified atom stereocenters. The molecule has 1 rings (SSSR count). The monoisotopic (exact) mass is 288 g/mol. The van der Waals surface area contributed by atoms with Gasteiger partial charge in [0.15, 0.2) is 11.5 Å². The number of carbonyl (C=O) groups excluding carboxylic acids is 2. The molecule has 1 aromatic carbocycles. The molecule has 0 fully saturated rings. The number of primary amides is 1. The van der Waals surface area contributed by atoms with Crippen molar-refractivity contribution in [3.05, 3.63) is 29.3 Å². The van der Waals surface area contributed by atoms with E-state index in [-0.39, 0.29) is 17.2 Å². The van der Waals surface area contributed by atoms with Crippen LogP contribution in [0.25, 0.3) is 0 Å². The molecule has 0 heterocycles. The summed E-state index contributed by atoms with van der Waals surface area (Å²) in [5.41, 5.74) is 3.48. The average Bonchev–Trinajstić information content (AvgIpc) is 2.34. The lowest BCUT2D eigenvalue weighted by molar-refractivity contribution is -0.137. The zero-order valence-electron chi connectivity index (χ0n) is 10.6. The Morgan fingerprint density at radius 3 is 2.30 bits per heavy atom. The number of rotatable bonds is 4. The second-order valence-electron chi connectivity index (χ2n) is 3.90. The van der Waals surface area contributed by atoms with E-state index < -0.39 is 23.2 Å². The van der Waals surface area contributed by atoms with Crippen LogP contribution in [0.5, 0.6) is 5.75 Å². The number of ketones is 1. The number of halogens is 3. The fraction of sp³-hybridized carbons (Fsp3) is 0.250. The maximum atomic E-state index is 12.5. The molecule has 0 aliphatic rings. The molecule has 0 radical (unpaired) electrons. The highest BCUT2D eigenvalue weighted by molar-refractivity contribution is 6.37. The van der Waals surface area contributed by atoms with E-state index in [9.17, 15) is 22.8 Å². The average molecular weight is 288 g/mol. The van der Waals surface area contributed by atoms with E-state index in [4.69, 9.17) is 10.6 Å². The molecule has 0 spiro atoms. The van der Waals surface area contributed by atoms with Gasteiger partial charge in [0.1, 0.15) is 5.71 Å². The number of hydrogen-bond donors (Lipinski definition) is 1. The van der Waals surface area contributed by atoms with Crippen molar-refractivity contribution in [1.29, 1.82) is 0 Å². The minimum Gasteiger partial charge on any atom is -0.365 e. The highest BCUT2D eigenvalue weighted by atomic mass is 19.4. The van der Waals surface area contributed by atoms with Crippen molar-refractivity contribution < 1.29 is 27.6 Å². The molecule has 1 aromatic rings. The Hall–Kier alpha value is -2.38. The second kappa shape index (κ2) is 5.72. The Morgan fingerprint density at radius 2 is 1.85 bits per heavy atom. The maximum absolute atomic E-state index is 12.5. The third-order valence-corrected chi connectivity index (χ3v) is 2.36. The van der Waals surface area contributed by atoms with Crippen LogP contribution in [-0.4, -0.2) is 17.4 Å². The highest BCUT2D eigenvalue weighted by Gasteiger charge is 2.31. The molecule has 0 aliphatic carbocycles. The van der Waals surface area contributed by atoms with Gasteiger partial charge in [-0.2, -0.15) is 13.2 Å². The van der Waals surface area contributed by atoms with Gasteiger partial charge in [0.2, 0.25) is 0 Å². The summed E-state index contributed by atoms with van der Waals surface area (Å²) in [5.74, 6) is -1.73. The molecule has 0 aliphatic heterocycles. The second-order valence-corrected chi connectivity index (χ2v) is 3.90. The number of oxime groups is 1. The van der Waals surface area contributed by atoms with E-state index in [1.54, 1.807) is 0 Å². The van der Waals surface area contributed by atoms with Gasteiger partial charge in [-0.3, -0.25) is 9.59 Å². The Morgan fingerprint density at radius 1 is 1.25 bits per heavy atom. The van der Waals surface area contributed by atoms with Crippen molar-refractivity contribution in [2.24, 2.45) is 10.9 Å². The minimum absolute atomic E-state index is 0.000295. The van der Waals surface area contributed by atoms with Crippen LogP contribution >= 0.6 is 0 Å². The number of hydrogen-bond acceptors (Lipinski definition) is 4. The molecule has 1 amide bonds. The standard InChI is InChI=1S/C12H11F3N2O3/c1-6(7(2)18)17-20-10-4-3-8(12(13,14)15)5-9(10)11(16)19/h3-5H,1-2H3,(H2,16,19). The molecule has 5 nitrogen and oxygen atoms in total. The highest BCUT2D eigenvalue weighted by Crippen LogP contribution is 2.32. The van der Waals surface area contributed by atoms with Crippen LogP contribution < -0.4 is 10.6 Å². The fourth-order valence-electron chi connectivity index (χ4n) is 1.16. The van der Waals surface area contributed by atoms with Crippen molar-refractivity contribution in [2.75, 3.05) is 0 Å². The predicted molar refractivity (Wildman–Crippen MR) is 64.4 cm³/mol. The summed E-state index contributed by atoms with van der Waals surface area (Å²) >= 11 is 0. The van der Waals surface area contributed by atoms with Gasteiger partial charge in [0.05, 0.1) is 11.1 Å². The van der Waals surface area contributed by atoms with E-state index in [2.05, 4.69) is 5.16 Å². The normalized spacial score (nSPS) is 12.2. The van der Waals surface area contributed by atoms with Crippen LogP contribution in [0.1, 0.15) is 29.8 Å². The maximum Gasteiger partial charge on any atom is 0.416 e. The van der Waals surface area contributed by atoms with E-state index in [1.807, 2.05) is 0 Å². The molecule has 0 aromatic heterocycles. The first-order chi connectivity index (χ1) is 9.12. The topological polar surface area (TPSA) is 81.8 Å². The van der Waals surface area contributed by atoms with Crippen LogP contribution in [0.3, 0.4) is 0 Å². The lowest BCUT2D eigenvalue weighted by atomic mass is 10.1. The largest absolute Gasteiger partial charge is 0.416 e. The van der Waals surface area contributed by atoms with E-state index in [0.29, 0.717) is 6.07 Å². The fourth-order valence-corrected chi connectivity index (χ4v) is 1.16. The third-order valence-electron chi connectivity index (χ3n) is 2.36. The van der Waals surface area contributed by atoms with E-state index in [1.165, 1.54) is 13.8 Å². The lowest BCUT2D eigenvalue weighted by Crippen LogP contribution is -2.15. The van der Waals surface area contributed by atoms with Crippen LogP contribution in [0.15, 0.2) is 23.4 Å². The Kier molecular flexibility index (Phi) is 4.49. The van der Waals surface area contributed by atoms with Crippen molar-refractivity contribution in [2.45, 2.75) is 20.0 Å². The number of nitrogens with zero attached hydrogens (tertiary/aromatic N) is 1. The molecule has 108 valence electrons. The van der Waals surface area contributed by atoms with Crippen LogP contribution in [-0.2, 0) is 11.0 Å². The van der Waals surface area contributed by atoms with Gasteiger partial charge in [-0.25, -0.2) is 0 Å². The molecular weight excluding hydrogens is 277 g/mol. The first-order valence-electron chi connectivity index (χ1n) is 5.36. The molecule has 20 heavy (non-hydrogen) atoms. The number of alkyl halides is 3. The SMILES string of the molecule is CC(=O)C(C)=NOc1ccc(C(F)(F)F)cc1C(N)=O. The zero-order chi connectivity index (χ0) is 15.5. The molecular formula is C12H11F3N2O3. The van der Waals surface area contributed by atoms with E-state index in [0.717, 1.165) is 12.1 Å². The van der Waals surface area contributed by atoms with Gasteiger partial charge in [-0.15, -0.1) is 0 Å². The third kappa shape index (κ3) is 3.81. The summed E-state index contributed by atoms with van der Waals surface area (Å²) in [6, 6.07) is 2.20. The van der Waals surface area contributed by atoms with Crippen molar-refractivity contribution in [3.63, 3.8) is 0 Å². The van der Waals surface area contributed by atoms with Gasteiger partial charge in [0.25, 0.3) is 5.91 Å². The molecule has 8 heteroatoms. The van der Waals surface area contributed by atoms with Gasteiger partial charge in [0, 0.05) is 6.92 Å². The smallest absolute Gasteiger partial charge is 0.365 e. The summed E-state index contributed by atoms with van der Waals surface area (Å²) in [5, 5.41) is 3.41. The van der Waals surface area contributed by atoms with Crippen LogP contribution in [0.2, 0.25) is 0 Å². The molecule has 2 N–H and O–H groups in total. The number of carbonyl (C=O) groups is 2. The van der Waals surface area contributed by atoms with Crippen molar-refractivity contribution in [1.82, 2.24) is 0 Å². The quantitative estimate of drug-likeness (QED) is 0.680. The van der Waals surface area contributed by atoms with Gasteiger partial charge < -0.3 is 10.6 Å². The number of nitrogens with two attached hydrogens (primary N) is 1. The number of Topliss-reactive ketones (excluding diaryl/α,β-unsaturated/α-hetero) is 1. The van der Waals surface area contributed by atoms with Gasteiger partial charge in [-0.05, 0) is 25.1 Å². The molecule has 0 bridgehead atoms. The summed E-state index contributed by atoms with van der Waals surface area (Å²) in [4.78, 5) is 26.8. The Labute approximate surface area is 112 Å². The number of benzene rings is 1. The molecule has 0 atom stereocenters. The predicted octanol–water partition coefficient (Wildman–Crippen LogP) is 2.15. The summed E-state index contributed by atoms with van der Waals surface area (Å²) in [7, 11) is 0. The van der Waals surface area contributed by atoms with Crippen molar-refractivity contribution in [3.8, 4) is 5.75 Å². The summed E-state index contributed by atoms with van der Waals surface area (Å²) in [6.45, 7) is 2.60. The number of amides is 1. The lowest BCUT2D eigenvalue weighted by Gasteiger charge is -2.10. The summed E-state index contributed by atoms with van der Waals surface area (Å²) < 4.78 is 37.6. The van der Waals surface area contributed by atoms with Crippen LogP contribution in [0, 0.1) is 0 Å². The first-order valence-corrected chi connectivity index (χ1v) is 5.36. The Bertz CT molecular complexity index is 580. The Balaban J connectivity index is 3.18. The molecule has 0 saturated carbocycles. The molecule has 0 saturated heterocycles. The van der Waals surface area contributed by atoms with Gasteiger partial charge >= 0.3 is 6.18 Å². The minimum atomic E-state index is -4.61. The summed E-state index contributed by atoms with van der Waals surface area (Å²) in [6.07, 6.45) is -4.61. The van der Waals surface area contributed by atoms with E-state index >= 15 is 0 Å². The van der Waals surface area contributed by atoms with Crippen LogP contribution in [0.4, 0.5) is 13.2 Å². The zero-order valence-corrected chi connectivity index (χ0v) is 10.6.